The summed E-state index contributed by atoms with van der Waals surface area (Å²) >= 11 is 0. The van der Waals surface area contributed by atoms with Crippen LogP contribution in [0.25, 0.3) is 0 Å². The van der Waals surface area contributed by atoms with E-state index >= 15 is 0 Å². The lowest BCUT2D eigenvalue weighted by Crippen LogP contribution is -2.64. The van der Waals surface area contributed by atoms with Crippen molar-refractivity contribution in [3.05, 3.63) is 81.6 Å². The molecular formula is C29H40Si. The van der Waals surface area contributed by atoms with Crippen LogP contribution in [0, 0.1) is 5.92 Å². The van der Waals surface area contributed by atoms with Gasteiger partial charge < -0.3 is 0 Å². The van der Waals surface area contributed by atoms with Crippen LogP contribution in [0.3, 0.4) is 0 Å². The van der Waals surface area contributed by atoms with E-state index in [-0.39, 0.29) is 0 Å². The second kappa shape index (κ2) is 9.10. The van der Waals surface area contributed by atoms with Gasteiger partial charge in [0.2, 0.25) is 0 Å². The summed E-state index contributed by atoms with van der Waals surface area (Å²) in [5.74, 6) is 0.529. The zero-order valence-corrected chi connectivity index (χ0v) is 21.4. The Morgan fingerprint density at radius 3 is 1.80 bits per heavy atom. The summed E-state index contributed by atoms with van der Waals surface area (Å²) in [7, 11) is -2.19. The van der Waals surface area contributed by atoms with Gasteiger partial charge in [-0.15, -0.1) is 0 Å². The second-order valence-corrected chi connectivity index (χ2v) is 13.6. The van der Waals surface area contributed by atoms with Crippen molar-refractivity contribution in [3.63, 3.8) is 0 Å². The average Bonchev–Trinajstić information content (AvgIpc) is 2.98. The molecule has 0 saturated carbocycles. The standard InChI is InChI=1S/C29H40Si/c1-9-20(4)30(27-15-13-12-14-16-27,29-23(7)21(5)22(6)24(29)8)28-18-25(10-2)17-26(11-3)19-28/h12-20,23H,9-11H2,1-8H3. The van der Waals surface area contributed by atoms with Gasteiger partial charge in [0.25, 0.3) is 0 Å². The molecule has 0 radical (unpaired) electrons. The lowest BCUT2D eigenvalue weighted by molar-refractivity contribution is 0.810. The minimum absolute atomic E-state index is 0.529. The van der Waals surface area contributed by atoms with Crippen LogP contribution in [0.5, 0.6) is 0 Å². The maximum atomic E-state index is 2.57. The molecule has 0 aliphatic heterocycles. The Balaban J connectivity index is 2.47. The minimum atomic E-state index is -2.19. The van der Waals surface area contributed by atoms with Crippen molar-refractivity contribution in [2.24, 2.45) is 5.92 Å². The second-order valence-electron chi connectivity index (χ2n) is 9.30. The van der Waals surface area contributed by atoms with Gasteiger partial charge in [0.05, 0.1) is 0 Å². The Morgan fingerprint density at radius 2 is 1.37 bits per heavy atom. The topological polar surface area (TPSA) is 0 Å². The van der Waals surface area contributed by atoms with E-state index in [1.807, 2.05) is 0 Å². The van der Waals surface area contributed by atoms with Crippen molar-refractivity contribution in [1.29, 1.82) is 0 Å². The average molecular weight is 417 g/mol. The molecule has 0 spiro atoms. The highest BCUT2D eigenvalue weighted by Gasteiger charge is 2.49. The molecule has 0 heterocycles. The van der Waals surface area contributed by atoms with Crippen molar-refractivity contribution in [1.82, 2.24) is 0 Å². The van der Waals surface area contributed by atoms with Gasteiger partial charge in [0.1, 0.15) is 8.07 Å². The highest BCUT2D eigenvalue weighted by Crippen LogP contribution is 2.45. The molecule has 2 aromatic carbocycles. The van der Waals surface area contributed by atoms with Crippen molar-refractivity contribution >= 4 is 18.4 Å². The normalized spacial score (nSPS) is 19.9. The molecule has 2 aromatic rings. The molecule has 160 valence electrons. The number of rotatable bonds is 7. The summed E-state index contributed by atoms with van der Waals surface area (Å²) in [4.78, 5) is 0. The van der Waals surface area contributed by atoms with Gasteiger partial charge in [0, 0.05) is 0 Å². The third-order valence-electron chi connectivity index (χ3n) is 7.97. The molecule has 1 aliphatic carbocycles. The predicted octanol–water partition coefficient (Wildman–Crippen LogP) is 7.02. The Labute approximate surface area is 186 Å². The monoisotopic (exact) mass is 416 g/mol. The van der Waals surface area contributed by atoms with E-state index in [4.69, 9.17) is 0 Å². The summed E-state index contributed by atoms with van der Waals surface area (Å²) in [6.07, 6.45) is 3.41. The first-order valence-corrected chi connectivity index (χ1v) is 14.0. The fraction of sp³-hybridized carbons (Fsp3) is 0.448. The first-order valence-electron chi connectivity index (χ1n) is 11.9. The van der Waals surface area contributed by atoms with Crippen LogP contribution in [-0.2, 0) is 12.8 Å². The number of hydrogen-bond donors (Lipinski definition) is 0. The number of benzene rings is 2. The van der Waals surface area contributed by atoms with Gasteiger partial charge in [-0.05, 0) is 72.1 Å². The van der Waals surface area contributed by atoms with Gasteiger partial charge in [-0.3, -0.25) is 0 Å². The summed E-state index contributed by atoms with van der Waals surface area (Å²) in [6, 6.07) is 19.1. The van der Waals surface area contributed by atoms with Crippen LogP contribution >= 0.6 is 0 Å². The van der Waals surface area contributed by atoms with E-state index in [1.54, 1.807) is 26.7 Å². The quantitative estimate of drug-likeness (QED) is 0.426. The summed E-state index contributed by atoms with van der Waals surface area (Å²) in [5.41, 5.74) is 8.28. The predicted molar refractivity (Wildman–Crippen MR) is 137 cm³/mol. The van der Waals surface area contributed by atoms with Crippen LogP contribution in [-0.4, -0.2) is 8.07 Å². The molecule has 0 saturated heterocycles. The zero-order chi connectivity index (χ0) is 22.1. The Hall–Kier alpha value is -1.86. The highest BCUT2D eigenvalue weighted by molar-refractivity contribution is 7.08. The van der Waals surface area contributed by atoms with Crippen LogP contribution in [0.4, 0.5) is 0 Å². The van der Waals surface area contributed by atoms with Crippen LogP contribution in [0.15, 0.2) is 70.4 Å². The highest BCUT2D eigenvalue weighted by atomic mass is 28.3. The molecule has 3 atom stereocenters. The largest absolute Gasteiger partial charge is 0.147 e. The Morgan fingerprint density at radius 1 is 0.800 bits per heavy atom. The smallest absolute Gasteiger partial charge is 0.0654 e. The maximum Gasteiger partial charge on any atom is 0.147 e. The van der Waals surface area contributed by atoms with Crippen LogP contribution in [0.2, 0.25) is 5.54 Å². The first-order chi connectivity index (χ1) is 14.3. The lowest BCUT2D eigenvalue weighted by atomic mass is 10.1. The molecule has 0 amide bonds. The van der Waals surface area contributed by atoms with E-state index in [0.29, 0.717) is 11.5 Å². The molecule has 0 bridgehead atoms. The van der Waals surface area contributed by atoms with Gasteiger partial charge in [0.15, 0.2) is 0 Å². The Bertz CT molecular complexity index is 941. The van der Waals surface area contributed by atoms with Crippen molar-refractivity contribution in [2.75, 3.05) is 0 Å². The van der Waals surface area contributed by atoms with E-state index in [9.17, 15) is 0 Å². The first kappa shape index (κ1) is 22.8. The molecule has 3 unspecified atom stereocenters. The van der Waals surface area contributed by atoms with Crippen LogP contribution in [0.1, 0.15) is 72.9 Å². The van der Waals surface area contributed by atoms with Crippen molar-refractivity contribution in [2.45, 2.75) is 80.2 Å². The summed E-state index contributed by atoms with van der Waals surface area (Å²) in [5, 5.41) is 4.97. The van der Waals surface area contributed by atoms with E-state index in [2.05, 4.69) is 104 Å². The molecule has 1 heteroatoms. The molecule has 0 aromatic heterocycles. The fourth-order valence-corrected chi connectivity index (χ4v) is 12.2. The number of hydrogen-bond acceptors (Lipinski definition) is 0. The lowest BCUT2D eigenvalue weighted by Gasteiger charge is -2.43. The van der Waals surface area contributed by atoms with E-state index < -0.39 is 8.07 Å². The minimum Gasteiger partial charge on any atom is -0.0654 e. The SMILES string of the molecule is CCc1cc(CC)cc([Si](C2=C(C)C(C)=C(C)C2C)(c2ccccc2)C(C)CC)c1. The summed E-state index contributed by atoms with van der Waals surface area (Å²) < 4.78 is 0. The third-order valence-corrected chi connectivity index (χ3v) is 14.0. The number of allylic oxidation sites excluding steroid dienone is 4. The van der Waals surface area contributed by atoms with Gasteiger partial charge in [-0.2, -0.15) is 0 Å². The van der Waals surface area contributed by atoms with Crippen LogP contribution < -0.4 is 10.4 Å². The molecule has 0 fully saturated rings. The van der Waals surface area contributed by atoms with Crippen molar-refractivity contribution in [3.8, 4) is 0 Å². The zero-order valence-electron chi connectivity index (χ0n) is 20.4. The van der Waals surface area contributed by atoms with E-state index in [0.717, 1.165) is 12.8 Å². The van der Waals surface area contributed by atoms with Gasteiger partial charge in [-0.1, -0.05) is 106 Å². The van der Waals surface area contributed by atoms with E-state index in [1.165, 1.54) is 23.1 Å². The summed E-state index contributed by atoms with van der Waals surface area (Å²) in [6.45, 7) is 19.1. The molecule has 0 nitrogen and oxygen atoms in total. The molecular weight excluding hydrogens is 376 g/mol. The Kier molecular flexibility index (Phi) is 6.92. The molecule has 0 N–H and O–H groups in total. The van der Waals surface area contributed by atoms with Gasteiger partial charge in [-0.25, -0.2) is 0 Å². The van der Waals surface area contributed by atoms with Crippen molar-refractivity contribution < 1.29 is 0 Å². The fourth-order valence-electron chi connectivity index (χ4n) is 5.72. The van der Waals surface area contributed by atoms with Gasteiger partial charge >= 0.3 is 0 Å². The molecule has 3 rings (SSSR count). The number of aryl methyl sites for hydroxylation is 2. The third kappa shape index (κ3) is 3.56. The molecule has 1 aliphatic rings. The maximum absolute atomic E-state index is 2.57. The molecule has 30 heavy (non-hydrogen) atoms.